The van der Waals surface area contributed by atoms with Gasteiger partial charge in [0, 0.05) is 50.2 Å². The fourth-order valence-electron chi connectivity index (χ4n) is 6.35. The summed E-state index contributed by atoms with van der Waals surface area (Å²) in [5.41, 5.74) is 5.13. The molecule has 1 N–H and O–H groups in total. The number of nitrogens with one attached hydrogen (secondary N) is 1. The second kappa shape index (κ2) is 16.5. The Morgan fingerprint density at radius 1 is 1.05 bits per heavy atom. The Hall–Kier alpha value is -2.54. The number of aryl methyl sites for hydroxylation is 1. The molecule has 2 aromatic carbocycles. The van der Waals surface area contributed by atoms with E-state index in [2.05, 4.69) is 79.8 Å². The molecule has 2 fully saturated rings. The van der Waals surface area contributed by atoms with Gasteiger partial charge in [-0.25, -0.2) is 0 Å². The smallest absolute Gasteiger partial charge is 0.242 e. The molecule has 1 saturated carbocycles. The monoisotopic (exact) mass is 608 g/mol. The van der Waals surface area contributed by atoms with Crippen molar-refractivity contribution in [3.05, 3.63) is 71.4 Å². The minimum Gasteiger partial charge on any atom is -0.494 e. The molecular weight excluding hydrogens is 556 g/mol. The lowest BCUT2D eigenvalue weighted by Gasteiger charge is -2.37. The molecule has 0 aromatic heterocycles. The van der Waals surface area contributed by atoms with Gasteiger partial charge in [0.1, 0.15) is 17.7 Å². The number of halogens is 1. The van der Waals surface area contributed by atoms with Gasteiger partial charge in [-0.2, -0.15) is 0 Å². The first kappa shape index (κ1) is 33.4. The lowest BCUT2D eigenvalue weighted by molar-refractivity contribution is -0.116. The van der Waals surface area contributed by atoms with Crippen LogP contribution in [0.15, 0.2) is 54.7 Å². The summed E-state index contributed by atoms with van der Waals surface area (Å²) in [6.07, 6.45) is 7.79. The van der Waals surface area contributed by atoms with E-state index in [1.165, 1.54) is 24.8 Å². The fourth-order valence-corrected chi connectivity index (χ4v) is 6.48. The van der Waals surface area contributed by atoms with Crippen LogP contribution in [0.1, 0.15) is 87.9 Å². The number of ether oxygens (including phenoxy) is 1. The minimum absolute atomic E-state index is 0.100. The molecule has 2 aliphatic rings. The summed E-state index contributed by atoms with van der Waals surface area (Å²) < 4.78 is 6.14. The van der Waals surface area contributed by atoms with E-state index in [0.29, 0.717) is 18.6 Å². The SMILES string of the molecule is C=C(NC1CCCCC1)C(c1ccc(OCCCN2CCN(C)CC2)cc1)N(C(=O)CCl)c1ccc(C(C)C)cc1CC. The molecule has 236 valence electrons. The Morgan fingerprint density at radius 3 is 2.35 bits per heavy atom. The number of likely N-dealkylation sites (N-methyl/N-ethyl adjacent to an activating group) is 1. The van der Waals surface area contributed by atoms with Crippen LogP contribution in [0.3, 0.4) is 0 Å². The van der Waals surface area contributed by atoms with Gasteiger partial charge >= 0.3 is 0 Å². The third kappa shape index (κ3) is 9.23. The van der Waals surface area contributed by atoms with E-state index in [9.17, 15) is 4.79 Å². The first-order valence-electron chi connectivity index (χ1n) is 16.4. The number of rotatable bonds is 14. The quantitative estimate of drug-likeness (QED) is 0.182. The third-order valence-electron chi connectivity index (χ3n) is 9.06. The normalized spacial score (nSPS) is 17.5. The van der Waals surface area contributed by atoms with Gasteiger partial charge in [0.25, 0.3) is 0 Å². The largest absolute Gasteiger partial charge is 0.494 e. The van der Waals surface area contributed by atoms with Crippen LogP contribution < -0.4 is 15.0 Å². The van der Waals surface area contributed by atoms with Crippen molar-refractivity contribution in [2.24, 2.45) is 0 Å². The van der Waals surface area contributed by atoms with Crippen molar-refractivity contribution in [3.8, 4) is 5.75 Å². The summed E-state index contributed by atoms with van der Waals surface area (Å²) in [5, 5.41) is 3.73. The molecule has 7 heteroatoms. The van der Waals surface area contributed by atoms with Crippen LogP contribution in [-0.2, 0) is 11.2 Å². The maximum Gasteiger partial charge on any atom is 0.242 e. The van der Waals surface area contributed by atoms with E-state index in [0.717, 1.165) is 86.7 Å². The van der Waals surface area contributed by atoms with Gasteiger partial charge in [0.05, 0.1) is 6.61 Å². The van der Waals surface area contributed by atoms with Crippen molar-refractivity contribution in [2.45, 2.75) is 83.7 Å². The Morgan fingerprint density at radius 2 is 1.72 bits per heavy atom. The predicted octanol–water partition coefficient (Wildman–Crippen LogP) is 7.14. The molecular formula is C36H53ClN4O2. The van der Waals surface area contributed by atoms with Gasteiger partial charge in [0.2, 0.25) is 5.91 Å². The van der Waals surface area contributed by atoms with Crippen LogP contribution >= 0.6 is 11.6 Å². The van der Waals surface area contributed by atoms with Gasteiger partial charge in [0.15, 0.2) is 0 Å². The van der Waals surface area contributed by atoms with Gasteiger partial charge in [-0.15, -0.1) is 11.6 Å². The van der Waals surface area contributed by atoms with Gasteiger partial charge in [-0.05, 0) is 73.5 Å². The average molecular weight is 609 g/mol. The molecule has 4 rings (SSSR count). The van der Waals surface area contributed by atoms with Gasteiger partial charge in [-0.3, -0.25) is 9.69 Å². The molecule has 1 saturated heterocycles. The Labute approximate surface area is 265 Å². The highest BCUT2D eigenvalue weighted by atomic mass is 35.5. The van der Waals surface area contributed by atoms with E-state index in [1.54, 1.807) is 0 Å². The van der Waals surface area contributed by atoms with Crippen LogP contribution in [0, 0.1) is 0 Å². The van der Waals surface area contributed by atoms with Crippen LogP contribution in [0.2, 0.25) is 0 Å². The zero-order valence-electron chi connectivity index (χ0n) is 26.9. The number of amides is 1. The van der Waals surface area contributed by atoms with E-state index in [-0.39, 0.29) is 11.8 Å². The maximum atomic E-state index is 13.7. The second-order valence-electron chi connectivity index (χ2n) is 12.6. The molecule has 2 aromatic rings. The van der Waals surface area contributed by atoms with E-state index in [4.69, 9.17) is 16.3 Å². The number of benzene rings is 2. The van der Waals surface area contributed by atoms with Crippen LogP contribution in [0.25, 0.3) is 0 Å². The zero-order valence-corrected chi connectivity index (χ0v) is 27.7. The fraction of sp³-hybridized carbons (Fsp3) is 0.583. The average Bonchev–Trinajstić information content (AvgIpc) is 3.03. The van der Waals surface area contributed by atoms with Crippen LogP contribution in [0.5, 0.6) is 5.75 Å². The molecule has 1 aliphatic heterocycles. The molecule has 43 heavy (non-hydrogen) atoms. The van der Waals surface area contributed by atoms with E-state index >= 15 is 0 Å². The lowest BCUT2D eigenvalue weighted by atomic mass is 9.93. The minimum atomic E-state index is -0.394. The number of hydrogen-bond donors (Lipinski definition) is 1. The number of hydrogen-bond acceptors (Lipinski definition) is 5. The number of anilines is 1. The summed E-state index contributed by atoms with van der Waals surface area (Å²) in [4.78, 5) is 20.5. The van der Waals surface area contributed by atoms with Crippen LogP contribution in [-0.4, -0.2) is 74.0 Å². The van der Waals surface area contributed by atoms with Crippen molar-refractivity contribution in [1.29, 1.82) is 0 Å². The predicted molar refractivity (Wildman–Crippen MR) is 180 cm³/mol. The highest BCUT2D eigenvalue weighted by molar-refractivity contribution is 6.29. The first-order valence-corrected chi connectivity index (χ1v) is 16.9. The number of carbonyl (C=O) groups is 1. The lowest BCUT2D eigenvalue weighted by Crippen LogP contribution is -2.44. The van der Waals surface area contributed by atoms with E-state index < -0.39 is 6.04 Å². The van der Waals surface area contributed by atoms with Crippen LogP contribution in [0.4, 0.5) is 5.69 Å². The number of alkyl halides is 1. The summed E-state index contributed by atoms with van der Waals surface area (Å²) in [6, 6.07) is 14.7. The van der Waals surface area contributed by atoms with Crippen molar-refractivity contribution < 1.29 is 9.53 Å². The molecule has 0 radical (unpaired) electrons. The second-order valence-corrected chi connectivity index (χ2v) is 12.9. The van der Waals surface area contributed by atoms with Crippen molar-refractivity contribution in [2.75, 3.05) is 57.2 Å². The molecule has 1 heterocycles. The first-order chi connectivity index (χ1) is 20.8. The number of piperazine rings is 1. The molecule has 1 atom stereocenters. The zero-order chi connectivity index (χ0) is 30.8. The standard InChI is InChI=1S/C36H53ClN4O2/c1-6-29-25-31(27(2)3)15-18-34(29)41(35(42)26-37)36(28(4)38-32-11-8-7-9-12-32)30-13-16-33(17-14-30)43-24-10-19-40-22-20-39(5)21-23-40/h13-18,25,27,32,36,38H,4,6-12,19-24,26H2,1-3,5H3. The molecule has 6 nitrogen and oxygen atoms in total. The third-order valence-corrected chi connectivity index (χ3v) is 9.28. The molecule has 1 amide bonds. The summed E-state index contributed by atoms with van der Waals surface area (Å²) in [6.45, 7) is 17.3. The maximum absolute atomic E-state index is 13.7. The van der Waals surface area contributed by atoms with E-state index in [1.807, 2.05) is 17.0 Å². The highest BCUT2D eigenvalue weighted by Gasteiger charge is 2.31. The van der Waals surface area contributed by atoms with Gasteiger partial charge < -0.3 is 19.9 Å². The van der Waals surface area contributed by atoms with Gasteiger partial charge in [-0.1, -0.05) is 70.9 Å². The molecule has 1 unspecified atom stereocenters. The summed E-state index contributed by atoms with van der Waals surface area (Å²) in [5.74, 6) is 1.02. The molecule has 1 aliphatic carbocycles. The highest BCUT2D eigenvalue weighted by Crippen LogP contribution is 2.37. The number of carbonyl (C=O) groups excluding carboxylic acids is 1. The Kier molecular flexibility index (Phi) is 12.8. The van der Waals surface area contributed by atoms with Crippen molar-refractivity contribution >= 4 is 23.2 Å². The topological polar surface area (TPSA) is 48.1 Å². The summed E-state index contributed by atoms with van der Waals surface area (Å²) >= 11 is 6.29. The van der Waals surface area contributed by atoms with Crippen molar-refractivity contribution in [1.82, 2.24) is 15.1 Å². The molecule has 0 bridgehead atoms. The summed E-state index contributed by atoms with van der Waals surface area (Å²) in [7, 11) is 2.19. The number of nitrogens with zero attached hydrogens (tertiary/aromatic N) is 3. The van der Waals surface area contributed by atoms with Crippen molar-refractivity contribution in [3.63, 3.8) is 0 Å². The molecule has 0 spiro atoms. The Bertz CT molecular complexity index is 1170. The Balaban J connectivity index is 1.56.